The summed E-state index contributed by atoms with van der Waals surface area (Å²) >= 11 is 0. The Morgan fingerprint density at radius 2 is 2.00 bits per heavy atom. The van der Waals surface area contributed by atoms with E-state index >= 15 is 0 Å². The Morgan fingerprint density at radius 3 is 2.74 bits per heavy atom. The van der Waals surface area contributed by atoms with Gasteiger partial charge in [-0.1, -0.05) is 17.3 Å². The third-order valence-electron chi connectivity index (χ3n) is 4.76. The molecule has 2 aliphatic heterocycles. The standard InChI is InChI=1S/C19H24N4O4/c1-14-10-15(27-21-14)12-22-6-8-23(9-7-22)19(24)20-11-16-13-25-17-4-2-3-5-18(17)26-16/h2-5,10,16H,6-9,11-13H2,1H3,(H,20,24). The molecule has 1 saturated heterocycles. The van der Waals surface area contributed by atoms with Crippen LogP contribution in [0.15, 0.2) is 34.9 Å². The van der Waals surface area contributed by atoms with Gasteiger partial charge in [0.1, 0.15) is 6.61 Å². The zero-order chi connectivity index (χ0) is 18.6. The van der Waals surface area contributed by atoms with Gasteiger partial charge in [-0.25, -0.2) is 4.79 Å². The number of aryl methyl sites for hydroxylation is 1. The van der Waals surface area contributed by atoms with Gasteiger partial charge in [-0.3, -0.25) is 4.90 Å². The van der Waals surface area contributed by atoms with Crippen LogP contribution in [0.1, 0.15) is 11.5 Å². The Morgan fingerprint density at radius 1 is 1.22 bits per heavy atom. The van der Waals surface area contributed by atoms with Gasteiger partial charge in [-0.05, 0) is 19.1 Å². The molecule has 1 fully saturated rings. The van der Waals surface area contributed by atoms with E-state index in [0.29, 0.717) is 26.2 Å². The van der Waals surface area contributed by atoms with Crippen LogP contribution in [0.5, 0.6) is 11.5 Å². The number of nitrogens with one attached hydrogen (secondary N) is 1. The number of aromatic nitrogens is 1. The molecule has 144 valence electrons. The summed E-state index contributed by atoms with van der Waals surface area (Å²) in [6.45, 7) is 6.48. The Kier molecular flexibility index (Phi) is 5.15. The van der Waals surface area contributed by atoms with Crippen molar-refractivity contribution in [2.45, 2.75) is 19.6 Å². The van der Waals surface area contributed by atoms with Gasteiger partial charge in [-0.15, -0.1) is 0 Å². The van der Waals surface area contributed by atoms with E-state index in [0.717, 1.165) is 42.6 Å². The number of piperazine rings is 1. The molecule has 8 heteroatoms. The second kappa shape index (κ2) is 7.87. The lowest BCUT2D eigenvalue weighted by atomic mass is 10.2. The third kappa shape index (κ3) is 4.33. The minimum Gasteiger partial charge on any atom is -0.486 e. The minimum atomic E-state index is -0.181. The highest BCUT2D eigenvalue weighted by Crippen LogP contribution is 2.30. The van der Waals surface area contributed by atoms with Crippen LogP contribution in [0.25, 0.3) is 0 Å². The summed E-state index contributed by atoms with van der Waals surface area (Å²) in [4.78, 5) is 16.5. The molecule has 0 aliphatic carbocycles. The number of hydrogen-bond acceptors (Lipinski definition) is 6. The van der Waals surface area contributed by atoms with Gasteiger partial charge in [0, 0.05) is 32.2 Å². The van der Waals surface area contributed by atoms with Crippen molar-refractivity contribution in [3.8, 4) is 11.5 Å². The van der Waals surface area contributed by atoms with E-state index < -0.39 is 0 Å². The predicted molar refractivity (Wildman–Crippen MR) is 97.8 cm³/mol. The number of para-hydroxylation sites is 2. The van der Waals surface area contributed by atoms with E-state index in [4.69, 9.17) is 14.0 Å². The summed E-state index contributed by atoms with van der Waals surface area (Å²) in [5.41, 5.74) is 0.888. The molecule has 3 heterocycles. The highest BCUT2D eigenvalue weighted by molar-refractivity contribution is 5.74. The van der Waals surface area contributed by atoms with Crippen LogP contribution in [0, 0.1) is 6.92 Å². The fourth-order valence-corrected chi connectivity index (χ4v) is 3.30. The topological polar surface area (TPSA) is 80.1 Å². The number of ether oxygens (including phenoxy) is 2. The minimum absolute atomic E-state index is 0.0624. The number of carbonyl (C=O) groups excluding carboxylic acids is 1. The molecule has 2 amide bonds. The Bertz CT molecular complexity index is 786. The highest BCUT2D eigenvalue weighted by atomic mass is 16.6. The van der Waals surface area contributed by atoms with Crippen molar-refractivity contribution in [3.05, 3.63) is 41.8 Å². The first-order chi connectivity index (χ1) is 13.2. The number of carbonyl (C=O) groups is 1. The van der Waals surface area contributed by atoms with Crippen LogP contribution in [0.2, 0.25) is 0 Å². The summed E-state index contributed by atoms with van der Waals surface area (Å²) < 4.78 is 16.8. The van der Waals surface area contributed by atoms with Gasteiger partial charge in [-0.2, -0.15) is 0 Å². The average Bonchev–Trinajstić information content (AvgIpc) is 3.11. The summed E-state index contributed by atoms with van der Waals surface area (Å²) in [6.07, 6.45) is -0.181. The van der Waals surface area contributed by atoms with Gasteiger partial charge in [0.25, 0.3) is 0 Å². The number of urea groups is 1. The number of nitrogens with zero attached hydrogens (tertiary/aromatic N) is 3. The smallest absolute Gasteiger partial charge is 0.317 e. The first-order valence-corrected chi connectivity index (χ1v) is 9.23. The molecule has 8 nitrogen and oxygen atoms in total. The SMILES string of the molecule is Cc1cc(CN2CCN(C(=O)NCC3COc4ccccc4O3)CC2)on1. The number of hydrogen-bond donors (Lipinski definition) is 1. The van der Waals surface area contributed by atoms with Crippen LogP contribution < -0.4 is 14.8 Å². The Labute approximate surface area is 158 Å². The molecule has 1 unspecified atom stereocenters. The monoisotopic (exact) mass is 372 g/mol. The summed E-state index contributed by atoms with van der Waals surface area (Å²) in [7, 11) is 0. The van der Waals surface area contributed by atoms with E-state index in [1.54, 1.807) is 0 Å². The molecule has 2 aliphatic rings. The van der Waals surface area contributed by atoms with Crippen molar-refractivity contribution in [1.29, 1.82) is 0 Å². The summed E-state index contributed by atoms with van der Waals surface area (Å²) in [6, 6.07) is 9.45. The first-order valence-electron chi connectivity index (χ1n) is 9.23. The molecule has 0 radical (unpaired) electrons. The van der Waals surface area contributed by atoms with E-state index in [1.165, 1.54) is 0 Å². The summed E-state index contributed by atoms with van der Waals surface area (Å²) in [5, 5.41) is 6.87. The lowest BCUT2D eigenvalue weighted by molar-refractivity contribution is 0.0872. The molecule has 4 rings (SSSR count). The van der Waals surface area contributed by atoms with Crippen LogP contribution in [0.4, 0.5) is 4.79 Å². The molecule has 0 spiro atoms. The molecule has 1 aromatic heterocycles. The van der Waals surface area contributed by atoms with Crippen LogP contribution >= 0.6 is 0 Å². The van der Waals surface area contributed by atoms with E-state index in [2.05, 4.69) is 15.4 Å². The second-order valence-corrected chi connectivity index (χ2v) is 6.88. The fourth-order valence-electron chi connectivity index (χ4n) is 3.30. The molecule has 0 bridgehead atoms. The number of fused-ring (bicyclic) bond motifs is 1. The molecular formula is C19H24N4O4. The van der Waals surface area contributed by atoms with Crippen molar-refractivity contribution in [3.63, 3.8) is 0 Å². The third-order valence-corrected chi connectivity index (χ3v) is 4.76. The Hall–Kier alpha value is -2.74. The van der Waals surface area contributed by atoms with E-state index in [9.17, 15) is 4.79 Å². The lowest BCUT2D eigenvalue weighted by Gasteiger charge is -2.34. The molecule has 27 heavy (non-hydrogen) atoms. The molecular weight excluding hydrogens is 348 g/mol. The van der Waals surface area contributed by atoms with Crippen molar-refractivity contribution in [2.75, 3.05) is 39.3 Å². The molecule has 2 aromatic rings. The molecule has 1 N–H and O–H groups in total. The number of rotatable bonds is 4. The molecule has 1 aromatic carbocycles. The zero-order valence-corrected chi connectivity index (χ0v) is 15.4. The van der Waals surface area contributed by atoms with Gasteiger partial charge in [0.2, 0.25) is 0 Å². The largest absolute Gasteiger partial charge is 0.486 e. The maximum absolute atomic E-state index is 12.4. The van der Waals surface area contributed by atoms with Crippen LogP contribution in [0.3, 0.4) is 0 Å². The normalized spacial score (nSPS) is 19.7. The van der Waals surface area contributed by atoms with Crippen LogP contribution in [-0.2, 0) is 6.54 Å². The average molecular weight is 372 g/mol. The van der Waals surface area contributed by atoms with Gasteiger partial charge in [0.15, 0.2) is 23.4 Å². The summed E-state index contributed by atoms with van der Waals surface area (Å²) in [5.74, 6) is 2.33. The molecule has 1 atom stereocenters. The second-order valence-electron chi connectivity index (χ2n) is 6.88. The van der Waals surface area contributed by atoms with Gasteiger partial charge < -0.3 is 24.2 Å². The number of amides is 2. The molecule has 0 saturated carbocycles. The Balaban J connectivity index is 1.20. The highest BCUT2D eigenvalue weighted by Gasteiger charge is 2.25. The van der Waals surface area contributed by atoms with Crippen molar-refractivity contribution in [2.24, 2.45) is 0 Å². The quantitative estimate of drug-likeness (QED) is 0.879. The van der Waals surface area contributed by atoms with Crippen molar-refractivity contribution in [1.82, 2.24) is 20.3 Å². The fraction of sp³-hybridized carbons (Fsp3) is 0.474. The first kappa shape index (κ1) is 17.7. The number of benzene rings is 1. The maximum atomic E-state index is 12.4. The maximum Gasteiger partial charge on any atom is 0.317 e. The predicted octanol–water partition coefficient (Wildman–Crippen LogP) is 1.65. The zero-order valence-electron chi connectivity index (χ0n) is 15.4. The van der Waals surface area contributed by atoms with E-state index in [-0.39, 0.29) is 12.1 Å². The van der Waals surface area contributed by atoms with Crippen molar-refractivity contribution < 1.29 is 18.8 Å². The van der Waals surface area contributed by atoms with Gasteiger partial charge in [0.05, 0.1) is 18.8 Å². The lowest BCUT2D eigenvalue weighted by Crippen LogP contribution is -2.53. The van der Waals surface area contributed by atoms with Gasteiger partial charge >= 0.3 is 6.03 Å². The van der Waals surface area contributed by atoms with Crippen molar-refractivity contribution >= 4 is 6.03 Å². The van der Waals surface area contributed by atoms with Crippen LogP contribution in [-0.4, -0.2) is 66.4 Å². The van der Waals surface area contributed by atoms with E-state index in [1.807, 2.05) is 42.2 Å².